The number of alkyl halides is 3. The molecule has 0 fully saturated rings. The maximum atomic E-state index is 11.5. The van der Waals surface area contributed by atoms with E-state index < -0.39 is 71.1 Å². The average molecular weight is 1340 g/mol. The van der Waals surface area contributed by atoms with Gasteiger partial charge in [0, 0.05) is 22.3 Å². The molecule has 0 aliphatic rings. The zero-order chi connectivity index (χ0) is 70.3. The van der Waals surface area contributed by atoms with E-state index in [1.54, 1.807) is 164 Å². The van der Waals surface area contributed by atoms with E-state index in [1.807, 2.05) is 0 Å². The van der Waals surface area contributed by atoms with E-state index in [-0.39, 0.29) is 115 Å². The Kier molecular flexibility index (Phi) is 47.0. The molecular weight excluding hydrogens is 1250 g/mol. The molecule has 94 heavy (non-hydrogen) atoms. The zero-order valence-electron chi connectivity index (χ0n) is 56.2. The molecule has 0 aliphatic carbocycles. The van der Waals surface area contributed by atoms with E-state index in [9.17, 15) is 51.5 Å². The van der Waals surface area contributed by atoms with Gasteiger partial charge in [-0.1, -0.05) is 37.8 Å². The maximum absolute atomic E-state index is 11.5. The Morgan fingerprint density at radius 1 is 0.521 bits per heavy atom. The molecule has 3 radical (unpaired) electrons. The fourth-order valence-electron chi connectivity index (χ4n) is 5.12. The number of carbonyl (C=O) groups excluding carboxylic acids is 8. The number of aliphatic hydroxyl groups is 2. The minimum atomic E-state index is -4.64. The number of nitrogen functional groups attached to an aromatic ring is 1. The van der Waals surface area contributed by atoms with Crippen molar-refractivity contribution in [3.63, 3.8) is 0 Å². The van der Waals surface area contributed by atoms with Gasteiger partial charge in [-0.05, 0) is 158 Å². The molecule has 0 aromatic carbocycles. The summed E-state index contributed by atoms with van der Waals surface area (Å²) < 4.78 is 65.5. The molecule has 0 saturated carbocycles. The molecular formula is C61H87BF3N9NaO19. The largest absolute Gasteiger partial charge is 1.00 e. The first-order valence-electron chi connectivity index (χ1n) is 27.2. The molecule has 28 nitrogen and oxygen atoms in total. The van der Waals surface area contributed by atoms with Gasteiger partial charge in [0.2, 0.25) is 6.29 Å². The SMILES string of the molecule is C.CC(=O)OCc1cccc(N)n1.CC(=O)OCc1cccc(NC(=O)OC(C)(C)C)n1.CC(C)(C)O.CC(C)(C)OC(=O)Nc1cccc(CO)n1.CCOC(=O)c1cccc(C(=O)O)n1.CCOC(=O)c1cccc(NC(=O)OC(C)(C)C)n1.O=CC(F)(F)F.[B].[H-].[Na+]. The van der Waals surface area contributed by atoms with E-state index >= 15 is 0 Å². The minimum absolute atomic E-state index is 0. The number of aromatic nitrogens is 5. The number of nitrogens with two attached hydrogens (primary N) is 1. The van der Waals surface area contributed by atoms with E-state index in [1.165, 1.54) is 38.1 Å². The van der Waals surface area contributed by atoms with E-state index in [4.69, 9.17) is 54.3 Å². The number of halogens is 3. The normalized spacial score (nSPS) is 10.2. The van der Waals surface area contributed by atoms with Gasteiger partial charge < -0.3 is 55.6 Å². The Morgan fingerprint density at radius 3 is 1.14 bits per heavy atom. The molecule has 0 aliphatic heterocycles. The number of aromatic carboxylic acids is 1. The summed E-state index contributed by atoms with van der Waals surface area (Å²) in [7, 11) is 0. The number of pyridine rings is 5. The quantitative estimate of drug-likeness (QED) is 0.0258. The van der Waals surface area contributed by atoms with Crippen molar-refractivity contribution in [2.75, 3.05) is 34.9 Å². The molecule has 0 saturated heterocycles. The number of carboxylic acid groups (broad SMARTS) is 1. The standard InChI is InChI=1S/2C13H18N2O4.C11H16N2O3.C9H9NO4.C8H10N2O2.C4H10O.C2HF3O.CH4.B.Na.H/c1-9(16)18-8-10-6-5-7-11(14-10)15-12(17)19-13(2,3)4;1-5-18-11(16)9-7-6-8-10(14-9)15-12(17)19-13(2,3)4;1-11(2,3)16-10(15)13-9-6-4-5-8(7-14)12-9;1-2-14-9(13)7-5-3-4-6(10-7)8(11)12;1-6(11)12-5-7-3-2-4-8(9)10-7;1-4(2,3)5;3-2(4,5)1-6;;;;/h5-7H,8H2,1-4H3,(H,14,15,17);6-8H,5H2,1-4H3,(H,14,15,17);4-6,14H,7H2,1-3H3,(H,12,13,15);3-5H,2H2,1H3,(H,11,12);2-4H,5H2,1H3,(H2,9,10);5H,1-3H3;1H;1H4;;;/q;;;;;;;;;+1;-1. The number of rotatable bonds is 13. The molecule has 8 N–H and O–H groups in total. The van der Waals surface area contributed by atoms with Gasteiger partial charge in [-0.2, -0.15) is 13.2 Å². The van der Waals surface area contributed by atoms with Crippen LogP contribution in [0, 0.1) is 0 Å². The van der Waals surface area contributed by atoms with Crippen LogP contribution in [0.1, 0.15) is 168 Å². The number of nitrogens with zero attached hydrogens (tertiary/aromatic N) is 5. The summed E-state index contributed by atoms with van der Waals surface area (Å²) in [5.74, 6) is -1.65. The number of carbonyl (C=O) groups is 9. The number of hydrogen-bond acceptors (Lipinski definition) is 24. The first-order valence-corrected chi connectivity index (χ1v) is 27.2. The summed E-state index contributed by atoms with van der Waals surface area (Å²) in [5.41, 5.74) is 4.87. The molecule has 5 aromatic heterocycles. The summed E-state index contributed by atoms with van der Waals surface area (Å²) in [6.07, 6.45) is -7.46. The molecule has 3 amide bonds. The van der Waals surface area contributed by atoms with Crippen LogP contribution in [0.3, 0.4) is 0 Å². The number of ether oxygens (including phenoxy) is 7. The third-order valence-electron chi connectivity index (χ3n) is 8.16. The third-order valence-corrected chi connectivity index (χ3v) is 8.16. The van der Waals surface area contributed by atoms with Gasteiger partial charge in [-0.25, -0.2) is 53.7 Å². The number of aliphatic hydroxyl groups excluding tert-OH is 1. The number of nitrogens with one attached hydrogen (secondary N) is 3. The van der Waals surface area contributed by atoms with E-state index in [2.05, 4.69) is 45.6 Å². The second kappa shape index (κ2) is 47.1. The summed E-state index contributed by atoms with van der Waals surface area (Å²) in [6.45, 7) is 27.8. The molecule has 5 heterocycles. The second-order valence-electron chi connectivity index (χ2n) is 21.6. The fraction of sp³-hybridized carbons (Fsp3) is 0.443. The Balaban J connectivity index is -0.000000249. The van der Waals surface area contributed by atoms with E-state index in [0.717, 1.165) is 0 Å². The first-order chi connectivity index (χ1) is 41.9. The minimum Gasteiger partial charge on any atom is -1.00 e. The topological polar surface area (TPSA) is 405 Å². The summed E-state index contributed by atoms with van der Waals surface area (Å²) in [4.78, 5) is 117. The van der Waals surface area contributed by atoms with Gasteiger partial charge in [0.15, 0.2) is 5.69 Å². The smallest absolute Gasteiger partial charge is 1.00 e. The third kappa shape index (κ3) is 54.9. The fourth-order valence-corrected chi connectivity index (χ4v) is 5.12. The summed E-state index contributed by atoms with van der Waals surface area (Å²) >= 11 is 0. The van der Waals surface area contributed by atoms with Crippen molar-refractivity contribution >= 4 is 86.1 Å². The molecule has 0 bridgehead atoms. The molecule has 5 aromatic rings. The van der Waals surface area contributed by atoms with Crippen molar-refractivity contribution in [2.45, 2.75) is 167 Å². The molecule has 0 spiro atoms. The van der Waals surface area contributed by atoms with Crippen molar-refractivity contribution in [1.29, 1.82) is 0 Å². The van der Waals surface area contributed by atoms with Gasteiger partial charge in [-0.15, -0.1) is 0 Å². The molecule has 515 valence electrons. The van der Waals surface area contributed by atoms with Crippen LogP contribution in [0.2, 0.25) is 0 Å². The van der Waals surface area contributed by atoms with Gasteiger partial charge in [0.1, 0.15) is 64.7 Å². The van der Waals surface area contributed by atoms with Crippen LogP contribution in [0.4, 0.5) is 50.8 Å². The van der Waals surface area contributed by atoms with Gasteiger partial charge in [0.05, 0.1) is 42.5 Å². The Labute approximate surface area is 570 Å². The van der Waals surface area contributed by atoms with E-state index in [0.29, 0.717) is 34.5 Å². The van der Waals surface area contributed by atoms with Crippen LogP contribution >= 0.6 is 0 Å². The molecule has 0 atom stereocenters. The average Bonchev–Trinajstić information content (AvgIpc) is 1.17. The number of esters is 4. The van der Waals surface area contributed by atoms with Crippen LogP contribution < -0.4 is 51.2 Å². The van der Waals surface area contributed by atoms with Crippen LogP contribution in [0.25, 0.3) is 0 Å². The number of anilines is 4. The van der Waals surface area contributed by atoms with Gasteiger partial charge in [0.25, 0.3) is 0 Å². The van der Waals surface area contributed by atoms with Crippen molar-refractivity contribution in [2.24, 2.45) is 0 Å². The van der Waals surface area contributed by atoms with Crippen LogP contribution in [0.5, 0.6) is 0 Å². The monoisotopic (exact) mass is 1340 g/mol. The summed E-state index contributed by atoms with van der Waals surface area (Å²) in [6, 6.07) is 24.1. The first kappa shape index (κ1) is 93.9. The Morgan fingerprint density at radius 2 is 0.819 bits per heavy atom. The molecule has 5 rings (SSSR count). The number of carboxylic acids is 1. The Hall–Kier alpha value is -8.85. The summed E-state index contributed by atoms with van der Waals surface area (Å²) in [5, 5.41) is 33.5. The van der Waals surface area contributed by atoms with Crippen molar-refractivity contribution in [3.8, 4) is 0 Å². The Bertz CT molecular complexity index is 3120. The number of hydrogen-bond donors (Lipinski definition) is 7. The van der Waals surface area contributed by atoms with Crippen molar-refractivity contribution in [1.82, 2.24) is 24.9 Å². The number of amides is 3. The predicted molar refractivity (Wildman–Crippen MR) is 339 cm³/mol. The van der Waals surface area contributed by atoms with Gasteiger partial charge >= 0.3 is 83.9 Å². The maximum Gasteiger partial charge on any atom is 1.00 e. The molecule has 0 unspecified atom stereocenters. The van der Waals surface area contributed by atoms with Crippen LogP contribution in [-0.4, -0.2) is 145 Å². The van der Waals surface area contributed by atoms with Gasteiger partial charge in [-0.3, -0.25) is 30.3 Å². The zero-order valence-corrected chi connectivity index (χ0v) is 57.2. The van der Waals surface area contributed by atoms with Crippen molar-refractivity contribution < 1.29 is 136 Å². The number of aldehydes is 1. The van der Waals surface area contributed by atoms with Crippen LogP contribution in [-0.2, 0) is 67.4 Å². The molecule has 33 heteroatoms. The van der Waals surface area contributed by atoms with Crippen molar-refractivity contribution in [3.05, 3.63) is 125 Å². The van der Waals surface area contributed by atoms with Crippen LogP contribution in [0.15, 0.2) is 91.0 Å². The second-order valence-corrected chi connectivity index (χ2v) is 21.6. The predicted octanol–water partition coefficient (Wildman–Crippen LogP) is 7.60.